The van der Waals surface area contributed by atoms with Gasteiger partial charge in [-0.3, -0.25) is 4.79 Å². The Balaban J connectivity index is 3.12. The van der Waals surface area contributed by atoms with E-state index in [0.717, 1.165) is 6.08 Å². The van der Waals surface area contributed by atoms with Gasteiger partial charge in [0.1, 0.15) is 5.70 Å². The lowest BCUT2D eigenvalue weighted by Crippen LogP contribution is -2.16. The third-order valence-corrected chi connectivity index (χ3v) is 3.07. The summed E-state index contributed by atoms with van der Waals surface area (Å²) in [6.07, 6.45) is 0.942. The van der Waals surface area contributed by atoms with Crippen LogP contribution in [0.5, 0.6) is 0 Å². The molecule has 0 aliphatic heterocycles. The first-order valence-corrected chi connectivity index (χ1v) is 6.42. The van der Waals surface area contributed by atoms with E-state index in [4.69, 9.17) is 5.73 Å². The van der Waals surface area contributed by atoms with Crippen molar-refractivity contribution in [2.24, 2.45) is 5.73 Å². The Labute approximate surface area is 129 Å². The highest BCUT2D eigenvalue weighted by atomic mass is 79.9. The number of primary amides is 1. The molecule has 112 valence electrons. The molecule has 0 saturated heterocycles. The Hall–Kier alpha value is -2.35. The maximum absolute atomic E-state index is 11.6. The highest BCUT2D eigenvalue weighted by Crippen LogP contribution is 2.22. The van der Waals surface area contributed by atoms with Gasteiger partial charge in [-0.05, 0) is 34.1 Å². The molecule has 1 amide bonds. The quantitative estimate of drug-likeness (QED) is 0.606. The van der Waals surface area contributed by atoms with E-state index < -0.39 is 17.8 Å². The van der Waals surface area contributed by atoms with Crippen LogP contribution in [0, 0.1) is 0 Å². The zero-order chi connectivity index (χ0) is 16.0. The SMILES string of the molecule is COC(=O)/C=C(/Nc1ccc(Br)c(C(N)=O)c1)C(=O)OC. The van der Waals surface area contributed by atoms with Crippen molar-refractivity contribution in [1.82, 2.24) is 0 Å². The molecule has 3 N–H and O–H groups in total. The fourth-order valence-corrected chi connectivity index (χ4v) is 1.82. The first-order valence-electron chi connectivity index (χ1n) is 5.63. The van der Waals surface area contributed by atoms with E-state index in [-0.39, 0.29) is 11.3 Å². The van der Waals surface area contributed by atoms with Gasteiger partial charge >= 0.3 is 11.9 Å². The second-order valence-electron chi connectivity index (χ2n) is 3.76. The van der Waals surface area contributed by atoms with E-state index in [1.54, 1.807) is 12.1 Å². The summed E-state index contributed by atoms with van der Waals surface area (Å²) in [6, 6.07) is 4.60. The van der Waals surface area contributed by atoms with Crippen molar-refractivity contribution < 1.29 is 23.9 Å². The predicted octanol–water partition coefficient (Wildman–Crippen LogP) is 1.19. The number of hydrogen-bond donors (Lipinski definition) is 2. The van der Waals surface area contributed by atoms with Crippen LogP contribution in [0.1, 0.15) is 10.4 Å². The number of rotatable bonds is 5. The minimum absolute atomic E-state index is 0.137. The Morgan fingerprint density at radius 1 is 1.24 bits per heavy atom. The van der Waals surface area contributed by atoms with Gasteiger partial charge in [-0.1, -0.05) is 0 Å². The second-order valence-corrected chi connectivity index (χ2v) is 4.61. The van der Waals surface area contributed by atoms with Crippen molar-refractivity contribution in [3.63, 3.8) is 0 Å². The molecule has 1 rings (SSSR count). The molecule has 0 atom stereocenters. The van der Waals surface area contributed by atoms with Gasteiger partial charge in [-0.25, -0.2) is 9.59 Å². The third kappa shape index (κ3) is 4.60. The highest BCUT2D eigenvalue weighted by Gasteiger charge is 2.14. The average Bonchev–Trinajstić information content (AvgIpc) is 2.46. The molecule has 7 nitrogen and oxygen atoms in total. The molecular formula is C13H13BrN2O5. The second kappa shape index (κ2) is 7.44. The van der Waals surface area contributed by atoms with Crippen LogP contribution in [0.2, 0.25) is 0 Å². The fourth-order valence-electron chi connectivity index (χ4n) is 1.38. The summed E-state index contributed by atoms with van der Waals surface area (Å²) in [5.41, 5.74) is 5.69. The molecule has 0 aliphatic carbocycles. The number of esters is 2. The molecule has 21 heavy (non-hydrogen) atoms. The molecule has 1 aromatic rings. The Kier molecular flexibility index (Phi) is 5.92. The van der Waals surface area contributed by atoms with Crippen LogP contribution in [0.15, 0.2) is 34.4 Å². The van der Waals surface area contributed by atoms with Gasteiger partial charge in [0.2, 0.25) is 5.91 Å². The summed E-state index contributed by atoms with van der Waals surface area (Å²) in [7, 11) is 2.35. The number of benzene rings is 1. The lowest BCUT2D eigenvalue weighted by molar-refractivity contribution is -0.138. The van der Waals surface area contributed by atoms with Gasteiger partial charge in [-0.2, -0.15) is 0 Å². The van der Waals surface area contributed by atoms with Gasteiger partial charge < -0.3 is 20.5 Å². The van der Waals surface area contributed by atoms with Crippen LogP contribution < -0.4 is 11.1 Å². The Morgan fingerprint density at radius 3 is 2.43 bits per heavy atom. The number of hydrogen-bond acceptors (Lipinski definition) is 6. The number of methoxy groups -OCH3 is 2. The predicted molar refractivity (Wildman–Crippen MR) is 78.4 cm³/mol. The van der Waals surface area contributed by atoms with Crippen molar-refractivity contribution >= 4 is 39.5 Å². The van der Waals surface area contributed by atoms with Crippen LogP contribution >= 0.6 is 15.9 Å². The Morgan fingerprint density at radius 2 is 1.90 bits per heavy atom. The number of nitrogens with two attached hydrogens (primary N) is 1. The number of anilines is 1. The van der Waals surface area contributed by atoms with E-state index in [1.165, 1.54) is 20.3 Å². The maximum atomic E-state index is 11.6. The van der Waals surface area contributed by atoms with Crippen molar-refractivity contribution in [3.05, 3.63) is 40.0 Å². The van der Waals surface area contributed by atoms with Crippen molar-refractivity contribution in [1.29, 1.82) is 0 Å². The first kappa shape index (κ1) is 16.7. The van der Waals surface area contributed by atoms with Crippen LogP contribution in [0.3, 0.4) is 0 Å². The topological polar surface area (TPSA) is 108 Å². The molecule has 0 saturated carbocycles. The largest absolute Gasteiger partial charge is 0.466 e. The summed E-state index contributed by atoms with van der Waals surface area (Å²) in [5, 5.41) is 2.67. The summed E-state index contributed by atoms with van der Waals surface area (Å²) >= 11 is 3.18. The van der Waals surface area contributed by atoms with E-state index in [0.29, 0.717) is 10.2 Å². The number of amides is 1. The summed E-state index contributed by atoms with van der Waals surface area (Å²) in [5.74, 6) is -2.12. The number of ether oxygens (including phenoxy) is 2. The standard InChI is InChI=1S/C13H13BrN2O5/c1-20-11(17)6-10(13(19)21-2)16-7-3-4-9(14)8(5-7)12(15)18/h3-6,16H,1-2H3,(H2,15,18)/b10-6+. The zero-order valence-corrected chi connectivity index (χ0v) is 12.9. The van der Waals surface area contributed by atoms with Crippen molar-refractivity contribution in [2.45, 2.75) is 0 Å². The summed E-state index contributed by atoms with van der Waals surface area (Å²) in [6.45, 7) is 0. The highest BCUT2D eigenvalue weighted by molar-refractivity contribution is 9.10. The van der Waals surface area contributed by atoms with E-state index in [1.807, 2.05) is 0 Å². The van der Waals surface area contributed by atoms with E-state index >= 15 is 0 Å². The van der Waals surface area contributed by atoms with Gasteiger partial charge in [0, 0.05) is 10.2 Å². The van der Waals surface area contributed by atoms with Crippen LogP contribution in [-0.4, -0.2) is 32.1 Å². The smallest absolute Gasteiger partial charge is 0.354 e. The third-order valence-electron chi connectivity index (χ3n) is 2.38. The molecule has 0 radical (unpaired) electrons. The zero-order valence-electron chi connectivity index (χ0n) is 11.3. The number of halogens is 1. The van der Waals surface area contributed by atoms with Gasteiger partial charge in [0.05, 0.1) is 25.9 Å². The molecule has 8 heteroatoms. The van der Waals surface area contributed by atoms with Crippen LogP contribution in [-0.2, 0) is 19.1 Å². The number of nitrogens with one attached hydrogen (secondary N) is 1. The number of carbonyl (C=O) groups is 3. The van der Waals surface area contributed by atoms with Crippen molar-refractivity contribution in [2.75, 3.05) is 19.5 Å². The first-order chi connectivity index (χ1) is 9.88. The van der Waals surface area contributed by atoms with Gasteiger partial charge in [0.25, 0.3) is 0 Å². The molecule has 0 spiro atoms. The summed E-state index contributed by atoms with van der Waals surface area (Å²) in [4.78, 5) is 34.1. The van der Waals surface area contributed by atoms with Crippen molar-refractivity contribution in [3.8, 4) is 0 Å². The monoisotopic (exact) mass is 356 g/mol. The minimum Gasteiger partial charge on any atom is -0.466 e. The molecule has 0 aliphatic rings. The minimum atomic E-state index is -0.760. The van der Waals surface area contributed by atoms with E-state index in [9.17, 15) is 14.4 Å². The summed E-state index contributed by atoms with van der Waals surface area (Å²) < 4.78 is 9.51. The fraction of sp³-hybridized carbons (Fsp3) is 0.154. The Bertz CT molecular complexity index is 613. The number of carbonyl (C=O) groups excluding carboxylic acids is 3. The average molecular weight is 357 g/mol. The van der Waals surface area contributed by atoms with Gasteiger partial charge in [0.15, 0.2) is 0 Å². The lowest BCUT2D eigenvalue weighted by atomic mass is 10.2. The lowest BCUT2D eigenvalue weighted by Gasteiger charge is -2.10. The van der Waals surface area contributed by atoms with Crippen LogP contribution in [0.4, 0.5) is 5.69 Å². The van der Waals surface area contributed by atoms with Gasteiger partial charge in [-0.15, -0.1) is 0 Å². The molecule has 0 unspecified atom stereocenters. The molecule has 0 aromatic heterocycles. The molecular weight excluding hydrogens is 344 g/mol. The molecule has 0 fully saturated rings. The van der Waals surface area contributed by atoms with Crippen LogP contribution in [0.25, 0.3) is 0 Å². The normalized spacial score (nSPS) is 10.7. The maximum Gasteiger partial charge on any atom is 0.354 e. The molecule has 0 heterocycles. The van der Waals surface area contributed by atoms with E-state index in [2.05, 4.69) is 30.7 Å². The molecule has 1 aromatic carbocycles. The molecule has 0 bridgehead atoms.